The molecule has 7 heteroatoms. The topological polar surface area (TPSA) is 103 Å². The van der Waals surface area contributed by atoms with Crippen molar-refractivity contribution in [2.45, 2.75) is 32.6 Å². The molecule has 1 aromatic rings. The van der Waals surface area contributed by atoms with Crippen molar-refractivity contribution in [3.05, 3.63) is 11.4 Å². The summed E-state index contributed by atoms with van der Waals surface area (Å²) in [5, 5.41) is 17.1. The van der Waals surface area contributed by atoms with Gasteiger partial charge < -0.3 is 15.6 Å². The van der Waals surface area contributed by atoms with Crippen LogP contribution in [0.15, 0.2) is 0 Å². The van der Waals surface area contributed by atoms with Crippen molar-refractivity contribution in [2.24, 2.45) is 5.73 Å². The summed E-state index contributed by atoms with van der Waals surface area (Å²) in [4.78, 5) is 11.1. The summed E-state index contributed by atoms with van der Waals surface area (Å²) in [6, 6.07) is 0. The minimum Gasteiger partial charge on any atom is -0.389 e. The van der Waals surface area contributed by atoms with E-state index in [0.29, 0.717) is 5.69 Å². The first kappa shape index (κ1) is 12.6. The van der Waals surface area contributed by atoms with E-state index < -0.39 is 11.5 Å². The van der Waals surface area contributed by atoms with E-state index in [9.17, 15) is 9.90 Å². The van der Waals surface area contributed by atoms with Crippen LogP contribution < -0.4 is 5.73 Å². The van der Waals surface area contributed by atoms with Crippen LogP contribution >= 0.6 is 0 Å². The van der Waals surface area contributed by atoms with Crippen molar-refractivity contribution in [1.29, 1.82) is 0 Å². The van der Waals surface area contributed by atoms with Gasteiger partial charge in [0.1, 0.15) is 0 Å². The highest BCUT2D eigenvalue weighted by Gasteiger charge is 2.21. The third-order valence-corrected chi connectivity index (χ3v) is 1.89. The van der Waals surface area contributed by atoms with Crippen LogP contribution in [0.2, 0.25) is 0 Å². The van der Waals surface area contributed by atoms with E-state index in [0.717, 1.165) is 0 Å². The minimum absolute atomic E-state index is 0.0751. The molecule has 16 heavy (non-hydrogen) atoms. The lowest BCUT2D eigenvalue weighted by Gasteiger charge is -2.17. The van der Waals surface area contributed by atoms with E-state index in [1.165, 1.54) is 11.8 Å². The van der Waals surface area contributed by atoms with Gasteiger partial charge >= 0.3 is 0 Å². The van der Waals surface area contributed by atoms with Gasteiger partial charge in [0.15, 0.2) is 5.69 Å². The molecular weight excluding hydrogens is 212 g/mol. The van der Waals surface area contributed by atoms with Gasteiger partial charge in [-0.3, -0.25) is 4.79 Å². The van der Waals surface area contributed by atoms with Gasteiger partial charge in [0.05, 0.1) is 24.4 Å². The molecule has 0 aliphatic heterocycles. The number of aliphatic hydroxyl groups is 1. The van der Waals surface area contributed by atoms with Gasteiger partial charge in [-0.15, -0.1) is 5.10 Å². The number of ether oxygens (including phenoxy) is 1. The molecule has 0 aliphatic rings. The van der Waals surface area contributed by atoms with Gasteiger partial charge in [0.2, 0.25) is 0 Å². The number of aromatic nitrogens is 3. The molecule has 0 aliphatic carbocycles. The standard InChI is InChI=1S/C9H16N4O3/c1-9(2,15)5-13-6(4-16-3)7(8(10)14)11-12-13/h15H,4-5H2,1-3H3,(H2,10,14). The molecule has 0 fully saturated rings. The number of amides is 1. The van der Waals surface area contributed by atoms with E-state index in [-0.39, 0.29) is 18.8 Å². The zero-order valence-electron chi connectivity index (χ0n) is 9.60. The number of rotatable bonds is 5. The fourth-order valence-corrected chi connectivity index (χ4v) is 1.30. The molecule has 0 saturated heterocycles. The van der Waals surface area contributed by atoms with Crippen molar-refractivity contribution >= 4 is 5.91 Å². The molecule has 1 aromatic heterocycles. The van der Waals surface area contributed by atoms with Crippen LogP contribution in [0.5, 0.6) is 0 Å². The third kappa shape index (κ3) is 3.01. The van der Waals surface area contributed by atoms with E-state index in [4.69, 9.17) is 10.5 Å². The van der Waals surface area contributed by atoms with Crippen molar-refractivity contribution in [3.63, 3.8) is 0 Å². The van der Waals surface area contributed by atoms with Crippen LogP contribution in [-0.4, -0.2) is 38.7 Å². The van der Waals surface area contributed by atoms with Crippen molar-refractivity contribution in [2.75, 3.05) is 7.11 Å². The fraction of sp³-hybridized carbons (Fsp3) is 0.667. The minimum atomic E-state index is -0.953. The Morgan fingerprint density at radius 3 is 2.69 bits per heavy atom. The van der Waals surface area contributed by atoms with Gasteiger partial charge in [0, 0.05) is 7.11 Å². The highest BCUT2D eigenvalue weighted by molar-refractivity contribution is 5.91. The Kier molecular flexibility index (Phi) is 3.61. The number of methoxy groups -OCH3 is 1. The van der Waals surface area contributed by atoms with Gasteiger partial charge in [-0.25, -0.2) is 4.68 Å². The van der Waals surface area contributed by atoms with Crippen LogP contribution in [0, 0.1) is 0 Å². The maximum atomic E-state index is 11.1. The highest BCUT2D eigenvalue weighted by Crippen LogP contribution is 2.11. The Morgan fingerprint density at radius 1 is 1.62 bits per heavy atom. The Morgan fingerprint density at radius 2 is 2.25 bits per heavy atom. The second kappa shape index (κ2) is 4.58. The molecule has 0 atom stereocenters. The molecule has 3 N–H and O–H groups in total. The quantitative estimate of drug-likeness (QED) is 0.693. The van der Waals surface area contributed by atoms with Crippen molar-refractivity contribution in [3.8, 4) is 0 Å². The maximum absolute atomic E-state index is 11.1. The largest absolute Gasteiger partial charge is 0.389 e. The van der Waals surface area contributed by atoms with Crippen LogP contribution in [0.25, 0.3) is 0 Å². The summed E-state index contributed by atoms with van der Waals surface area (Å²) in [7, 11) is 1.49. The second-order valence-corrected chi connectivity index (χ2v) is 4.15. The molecule has 90 valence electrons. The maximum Gasteiger partial charge on any atom is 0.271 e. The predicted octanol–water partition coefficient (Wildman–Crippen LogP) is -0.706. The molecule has 0 saturated carbocycles. The fourth-order valence-electron chi connectivity index (χ4n) is 1.30. The summed E-state index contributed by atoms with van der Waals surface area (Å²) >= 11 is 0. The monoisotopic (exact) mass is 228 g/mol. The smallest absolute Gasteiger partial charge is 0.271 e. The third-order valence-electron chi connectivity index (χ3n) is 1.89. The van der Waals surface area contributed by atoms with E-state index in [1.54, 1.807) is 13.8 Å². The molecular formula is C9H16N4O3. The first-order valence-corrected chi connectivity index (χ1v) is 4.78. The van der Waals surface area contributed by atoms with Crippen LogP contribution in [0.4, 0.5) is 0 Å². The van der Waals surface area contributed by atoms with Crippen LogP contribution in [-0.2, 0) is 17.9 Å². The molecule has 1 heterocycles. The molecule has 0 aromatic carbocycles. The average molecular weight is 228 g/mol. The Hall–Kier alpha value is -1.47. The summed E-state index contributed by atoms with van der Waals surface area (Å²) in [6.07, 6.45) is 0. The number of carbonyl (C=O) groups is 1. The van der Waals surface area contributed by atoms with E-state index in [1.807, 2.05) is 0 Å². The Balaban J connectivity index is 3.05. The number of nitrogens with zero attached hydrogens (tertiary/aromatic N) is 3. The molecule has 0 spiro atoms. The first-order chi connectivity index (χ1) is 7.35. The van der Waals surface area contributed by atoms with Crippen molar-refractivity contribution < 1.29 is 14.6 Å². The number of nitrogens with two attached hydrogens (primary N) is 1. The first-order valence-electron chi connectivity index (χ1n) is 4.78. The number of primary amides is 1. The lowest BCUT2D eigenvalue weighted by Crippen LogP contribution is -2.28. The van der Waals surface area contributed by atoms with Crippen LogP contribution in [0.3, 0.4) is 0 Å². The molecule has 0 bridgehead atoms. The van der Waals surface area contributed by atoms with E-state index in [2.05, 4.69) is 10.3 Å². The summed E-state index contributed by atoms with van der Waals surface area (Å²) < 4.78 is 6.36. The summed E-state index contributed by atoms with van der Waals surface area (Å²) in [6.45, 7) is 3.65. The summed E-state index contributed by atoms with van der Waals surface area (Å²) in [5.41, 5.74) is 4.74. The molecule has 0 unspecified atom stereocenters. The van der Waals surface area contributed by atoms with Crippen molar-refractivity contribution in [1.82, 2.24) is 15.0 Å². The van der Waals surface area contributed by atoms with Gasteiger partial charge in [-0.2, -0.15) is 0 Å². The summed E-state index contributed by atoms with van der Waals surface area (Å²) in [5.74, 6) is -0.658. The Bertz CT molecular complexity index is 381. The van der Waals surface area contributed by atoms with E-state index >= 15 is 0 Å². The van der Waals surface area contributed by atoms with Crippen LogP contribution in [0.1, 0.15) is 30.0 Å². The van der Waals surface area contributed by atoms with Gasteiger partial charge in [-0.05, 0) is 13.8 Å². The molecule has 1 amide bonds. The zero-order chi connectivity index (χ0) is 12.3. The number of carbonyl (C=O) groups excluding carboxylic acids is 1. The SMILES string of the molecule is COCc1c(C(N)=O)nnn1CC(C)(C)O. The normalized spacial score (nSPS) is 11.8. The number of hydrogen-bond acceptors (Lipinski definition) is 5. The molecule has 0 radical (unpaired) electrons. The highest BCUT2D eigenvalue weighted by atomic mass is 16.5. The van der Waals surface area contributed by atoms with Gasteiger partial charge in [0.25, 0.3) is 5.91 Å². The molecule has 1 rings (SSSR count). The Labute approximate surface area is 93.2 Å². The zero-order valence-corrected chi connectivity index (χ0v) is 9.60. The predicted molar refractivity (Wildman–Crippen MR) is 55.6 cm³/mol. The second-order valence-electron chi connectivity index (χ2n) is 4.15. The lowest BCUT2D eigenvalue weighted by atomic mass is 10.1. The molecule has 7 nitrogen and oxygen atoms in total. The lowest BCUT2D eigenvalue weighted by molar-refractivity contribution is 0.0538. The number of hydrogen-bond donors (Lipinski definition) is 2. The average Bonchev–Trinajstić information content (AvgIpc) is 2.47. The van der Waals surface area contributed by atoms with Gasteiger partial charge in [-0.1, -0.05) is 5.21 Å².